The lowest BCUT2D eigenvalue weighted by atomic mass is 10.0. The van der Waals surface area contributed by atoms with Crippen molar-refractivity contribution in [2.24, 2.45) is 0 Å². The first kappa shape index (κ1) is 14.7. The van der Waals surface area contributed by atoms with E-state index in [2.05, 4.69) is 39.6 Å². The molecule has 2 aromatic rings. The summed E-state index contributed by atoms with van der Waals surface area (Å²) in [6.45, 7) is 2.16. The van der Waals surface area contributed by atoms with E-state index in [1.165, 1.54) is 16.5 Å². The molecule has 1 aromatic carbocycles. The quantitative estimate of drug-likeness (QED) is 0.829. The molecule has 0 aliphatic heterocycles. The zero-order valence-corrected chi connectivity index (χ0v) is 13.4. The molecule has 0 aliphatic carbocycles. The number of hydrogen-bond donors (Lipinski definition) is 1. The van der Waals surface area contributed by atoms with Gasteiger partial charge in [0.05, 0.1) is 4.47 Å². The summed E-state index contributed by atoms with van der Waals surface area (Å²) in [7, 11) is 1.96. The van der Waals surface area contributed by atoms with Crippen LogP contribution in [0.1, 0.15) is 29.0 Å². The van der Waals surface area contributed by atoms with Crippen LogP contribution in [-0.2, 0) is 12.8 Å². The maximum atomic E-state index is 13.6. The maximum absolute atomic E-state index is 13.6. The standard InChI is InChI=1S/C15H17BrFNS/c1-3-10-7-8-19-15(10)13(18-2)9-11-5-4-6-12(17)14(11)16/h4-8,13,18H,3,9H2,1-2H3. The van der Waals surface area contributed by atoms with Crippen LogP contribution >= 0.6 is 27.3 Å². The van der Waals surface area contributed by atoms with Crippen molar-refractivity contribution in [3.63, 3.8) is 0 Å². The second-order valence-corrected chi connectivity index (χ2v) is 6.16. The number of thiophene rings is 1. The van der Waals surface area contributed by atoms with Gasteiger partial charge in [-0.1, -0.05) is 19.1 Å². The third-order valence-corrected chi connectivity index (χ3v) is 5.24. The summed E-state index contributed by atoms with van der Waals surface area (Å²) in [6.07, 6.45) is 1.81. The summed E-state index contributed by atoms with van der Waals surface area (Å²) in [4.78, 5) is 1.35. The van der Waals surface area contributed by atoms with Crippen LogP contribution < -0.4 is 5.32 Å². The lowest BCUT2D eigenvalue weighted by Crippen LogP contribution is -2.19. The zero-order valence-electron chi connectivity index (χ0n) is 11.0. The van der Waals surface area contributed by atoms with Gasteiger partial charge in [0.1, 0.15) is 5.82 Å². The Bertz CT molecular complexity index is 553. The Labute approximate surface area is 126 Å². The van der Waals surface area contributed by atoms with E-state index in [1.54, 1.807) is 17.4 Å². The van der Waals surface area contributed by atoms with Gasteiger partial charge in [0.2, 0.25) is 0 Å². The molecular formula is C15H17BrFNS. The third-order valence-electron chi connectivity index (χ3n) is 3.28. The molecule has 0 saturated carbocycles. The van der Waals surface area contributed by atoms with Crippen LogP contribution in [0.15, 0.2) is 34.1 Å². The molecule has 4 heteroatoms. The molecule has 0 amide bonds. The average Bonchev–Trinajstić information content (AvgIpc) is 2.88. The highest BCUT2D eigenvalue weighted by atomic mass is 79.9. The normalized spacial score (nSPS) is 12.6. The largest absolute Gasteiger partial charge is 0.312 e. The van der Waals surface area contributed by atoms with Crippen molar-refractivity contribution in [2.45, 2.75) is 25.8 Å². The van der Waals surface area contributed by atoms with Gasteiger partial charge in [0.15, 0.2) is 0 Å². The second-order valence-electron chi connectivity index (χ2n) is 4.42. The molecule has 0 spiro atoms. The van der Waals surface area contributed by atoms with E-state index in [9.17, 15) is 4.39 Å². The molecule has 0 bridgehead atoms. The minimum Gasteiger partial charge on any atom is -0.312 e. The highest BCUT2D eigenvalue weighted by Gasteiger charge is 2.17. The molecule has 0 aliphatic rings. The van der Waals surface area contributed by atoms with E-state index in [1.807, 2.05) is 13.1 Å². The predicted octanol–water partition coefficient (Wildman–Crippen LogP) is 4.72. The molecule has 102 valence electrons. The van der Waals surface area contributed by atoms with Gasteiger partial charge in [0, 0.05) is 10.9 Å². The van der Waals surface area contributed by atoms with Gasteiger partial charge in [-0.25, -0.2) is 4.39 Å². The summed E-state index contributed by atoms with van der Waals surface area (Å²) < 4.78 is 14.1. The Morgan fingerprint density at radius 2 is 2.11 bits per heavy atom. The summed E-state index contributed by atoms with van der Waals surface area (Å²) in [6, 6.07) is 7.61. The lowest BCUT2D eigenvalue weighted by Gasteiger charge is -2.17. The Morgan fingerprint density at radius 1 is 1.32 bits per heavy atom. The average molecular weight is 342 g/mol. The monoisotopic (exact) mass is 341 g/mol. The van der Waals surface area contributed by atoms with Crippen LogP contribution in [0.4, 0.5) is 4.39 Å². The SMILES string of the molecule is CCc1ccsc1C(Cc1cccc(F)c1Br)NC. The van der Waals surface area contributed by atoms with Crippen LogP contribution in [0, 0.1) is 5.82 Å². The van der Waals surface area contributed by atoms with E-state index < -0.39 is 0 Å². The van der Waals surface area contributed by atoms with Gasteiger partial charge >= 0.3 is 0 Å². The highest BCUT2D eigenvalue weighted by molar-refractivity contribution is 9.10. The van der Waals surface area contributed by atoms with Crippen molar-refractivity contribution >= 4 is 27.3 Å². The molecule has 0 fully saturated rings. The molecule has 0 saturated heterocycles. The fraction of sp³-hybridized carbons (Fsp3) is 0.333. The molecule has 2 rings (SSSR count). The Hall–Kier alpha value is -0.710. The molecule has 1 nitrogen and oxygen atoms in total. The van der Waals surface area contributed by atoms with Crippen molar-refractivity contribution in [2.75, 3.05) is 7.05 Å². The topological polar surface area (TPSA) is 12.0 Å². The summed E-state index contributed by atoms with van der Waals surface area (Å²) >= 11 is 5.10. The van der Waals surface area contributed by atoms with Gasteiger partial charge in [-0.2, -0.15) is 0 Å². The number of hydrogen-bond acceptors (Lipinski definition) is 2. The van der Waals surface area contributed by atoms with Crippen LogP contribution in [0.25, 0.3) is 0 Å². The van der Waals surface area contributed by atoms with E-state index >= 15 is 0 Å². The lowest BCUT2D eigenvalue weighted by molar-refractivity contribution is 0.584. The van der Waals surface area contributed by atoms with Crippen molar-refractivity contribution in [1.82, 2.24) is 5.32 Å². The molecular weight excluding hydrogens is 325 g/mol. The smallest absolute Gasteiger partial charge is 0.137 e. The summed E-state index contributed by atoms with van der Waals surface area (Å²) in [5.41, 5.74) is 2.37. The Morgan fingerprint density at radius 3 is 2.79 bits per heavy atom. The van der Waals surface area contributed by atoms with Crippen molar-refractivity contribution in [3.05, 3.63) is 55.9 Å². The van der Waals surface area contributed by atoms with Gasteiger partial charge in [-0.3, -0.25) is 0 Å². The van der Waals surface area contributed by atoms with Crippen molar-refractivity contribution in [3.8, 4) is 0 Å². The predicted molar refractivity (Wildman–Crippen MR) is 83.3 cm³/mol. The Kier molecular flexibility index (Phi) is 5.13. The molecule has 1 atom stereocenters. The minimum absolute atomic E-state index is 0.200. The molecule has 19 heavy (non-hydrogen) atoms. The fourth-order valence-electron chi connectivity index (χ4n) is 2.20. The first-order valence-electron chi connectivity index (χ1n) is 6.33. The molecule has 1 unspecified atom stereocenters. The number of aryl methyl sites for hydroxylation is 1. The van der Waals surface area contributed by atoms with E-state index in [0.29, 0.717) is 4.47 Å². The van der Waals surface area contributed by atoms with E-state index in [-0.39, 0.29) is 11.9 Å². The molecule has 1 N–H and O–H groups in total. The summed E-state index contributed by atoms with van der Waals surface area (Å²) in [5, 5.41) is 5.47. The number of halogens is 2. The molecule has 0 radical (unpaired) electrons. The zero-order chi connectivity index (χ0) is 13.8. The van der Waals surface area contributed by atoms with E-state index in [4.69, 9.17) is 0 Å². The minimum atomic E-state index is -0.200. The van der Waals surface area contributed by atoms with Gasteiger partial charge < -0.3 is 5.32 Å². The van der Waals surface area contributed by atoms with Crippen LogP contribution in [0.2, 0.25) is 0 Å². The van der Waals surface area contributed by atoms with Crippen LogP contribution in [0.5, 0.6) is 0 Å². The molecule has 1 aromatic heterocycles. The van der Waals surface area contributed by atoms with E-state index in [0.717, 1.165) is 18.4 Å². The first-order valence-corrected chi connectivity index (χ1v) is 8.01. The number of nitrogens with one attached hydrogen (secondary N) is 1. The number of benzene rings is 1. The van der Waals surface area contributed by atoms with Gasteiger partial charge in [-0.05, 0) is 64.5 Å². The van der Waals surface area contributed by atoms with Gasteiger partial charge in [0.25, 0.3) is 0 Å². The fourth-order valence-corrected chi connectivity index (χ4v) is 3.73. The number of likely N-dealkylation sites (N-methyl/N-ethyl adjacent to an activating group) is 1. The van der Waals surface area contributed by atoms with Crippen molar-refractivity contribution in [1.29, 1.82) is 0 Å². The van der Waals surface area contributed by atoms with Gasteiger partial charge in [-0.15, -0.1) is 11.3 Å². The highest BCUT2D eigenvalue weighted by Crippen LogP contribution is 2.30. The first-order chi connectivity index (χ1) is 9.17. The maximum Gasteiger partial charge on any atom is 0.137 e. The third kappa shape index (κ3) is 3.25. The number of rotatable bonds is 5. The van der Waals surface area contributed by atoms with Crippen LogP contribution in [0.3, 0.4) is 0 Å². The Balaban J connectivity index is 2.27. The van der Waals surface area contributed by atoms with Crippen molar-refractivity contribution < 1.29 is 4.39 Å². The summed E-state index contributed by atoms with van der Waals surface area (Å²) in [5.74, 6) is -0.200. The van der Waals surface area contributed by atoms with Crippen LogP contribution in [-0.4, -0.2) is 7.05 Å². The molecule has 1 heterocycles. The second kappa shape index (κ2) is 6.64.